The Morgan fingerprint density at radius 3 is 2.78 bits per heavy atom. The quantitative estimate of drug-likeness (QED) is 0.798. The lowest BCUT2D eigenvalue weighted by Gasteiger charge is -2.29. The first kappa shape index (κ1) is 11.6. The second kappa shape index (κ2) is 4.66. The second-order valence-electron chi connectivity index (χ2n) is 4.74. The number of rotatable bonds is 1. The van der Waals surface area contributed by atoms with Crippen LogP contribution in [0.25, 0.3) is 0 Å². The van der Waals surface area contributed by atoms with E-state index in [0.717, 1.165) is 11.9 Å². The van der Waals surface area contributed by atoms with E-state index in [-0.39, 0.29) is 7.92 Å². The number of benzene rings is 1. The Hall–Kier alpha value is -1.47. The van der Waals surface area contributed by atoms with Gasteiger partial charge < -0.3 is 5.73 Å². The van der Waals surface area contributed by atoms with Crippen LogP contribution in [0.2, 0.25) is 0 Å². The summed E-state index contributed by atoms with van der Waals surface area (Å²) in [5, 5.41) is 1.45. The molecule has 2 atom stereocenters. The van der Waals surface area contributed by atoms with Crippen molar-refractivity contribution >= 4 is 19.0 Å². The average molecular weight is 257 g/mol. The highest BCUT2D eigenvalue weighted by Gasteiger charge is 2.27. The van der Waals surface area contributed by atoms with E-state index >= 15 is 0 Å². The van der Waals surface area contributed by atoms with Gasteiger partial charge in [-0.15, -0.1) is 0 Å². The van der Waals surface area contributed by atoms with Crippen LogP contribution in [0.5, 0.6) is 0 Å². The average Bonchev–Trinajstić information content (AvgIpc) is 2.41. The third kappa shape index (κ3) is 1.99. The standard InChI is InChI=1S/C14H16N3P/c1-10-7-18(11-5-3-2-4-6-11)8-12-13(10)16-9-17-14(12)15/h2-6,9-10H,7-8H2,1H3,(H2,15,16,17). The lowest BCUT2D eigenvalue weighted by Crippen LogP contribution is -2.19. The molecule has 0 saturated heterocycles. The van der Waals surface area contributed by atoms with Crippen molar-refractivity contribution in [2.75, 3.05) is 11.9 Å². The Bertz CT molecular complexity index is 556. The van der Waals surface area contributed by atoms with Gasteiger partial charge in [-0.25, -0.2) is 9.97 Å². The maximum atomic E-state index is 6.00. The smallest absolute Gasteiger partial charge is 0.130 e. The predicted molar refractivity (Wildman–Crippen MR) is 76.4 cm³/mol. The van der Waals surface area contributed by atoms with Gasteiger partial charge in [-0.05, 0) is 11.5 Å². The fourth-order valence-electron chi connectivity index (χ4n) is 2.53. The molecule has 18 heavy (non-hydrogen) atoms. The fraction of sp³-hybridized carbons (Fsp3) is 0.286. The van der Waals surface area contributed by atoms with Crippen LogP contribution in [0.1, 0.15) is 24.1 Å². The highest BCUT2D eigenvalue weighted by Crippen LogP contribution is 2.48. The highest BCUT2D eigenvalue weighted by molar-refractivity contribution is 7.65. The van der Waals surface area contributed by atoms with Crippen molar-refractivity contribution in [1.82, 2.24) is 9.97 Å². The van der Waals surface area contributed by atoms with Crippen LogP contribution in [0, 0.1) is 0 Å². The van der Waals surface area contributed by atoms with E-state index in [9.17, 15) is 0 Å². The lowest BCUT2D eigenvalue weighted by atomic mass is 10.0. The number of hydrogen-bond donors (Lipinski definition) is 1. The summed E-state index contributed by atoms with van der Waals surface area (Å²) >= 11 is 0. The molecular weight excluding hydrogens is 241 g/mol. The number of nitrogen functional groups attached to an aromatic ring is 1. The van der Waals surface area contributed by atoms with Gasteiger partial charge in [-0.2, -0.15) is 0 Å². The molecule has 0 radical (unpaired) electrons. The molecule has 1 aromatic heterocycles. The molecular formula is C14H16N3P. The van der Waals surface area contributed by atoms with E-state index in [0.29, 0.717) is 11.7 Å². The maximum Gasteiger partial charge on any atom is 0.130 e. The minimum Gasteiger partial charge on any atom is -0.383 e. The zero-order valence-corrected chi connectivity index (χ0v) is 11.3. The molecule has 3 nitrogen and oxygen atoms in total. The van der Waals surface area contributed by atoms with E-state index in [1.165, 1.54) is 17.0 Å². The molecule has 0 amide bonds. The molecule has 0 bridgehead atoms. The zero-order chi connectivity index (χ0) is 12.5. The summed E-state index contributed by atoms with van der Waals surface area (Å²) in [4.78, 5) is 8.54. The van der Waals surface area contributed by atoms with Crippen molar-refractivity contribution in [3.8, 4) is 0 Å². The van der Waals surface area contributed by atoms with Gasteiger partial charge in [-0.1, -0.05) is 45.2 Å². The van der Waals surface area contributed by atoms with Gasteiger partial charge in [0.15, 0.2) is 0 Å². The van der Waals surface area contributed by atoms with Crippen LogP contribution in [-0.4, -0.2) is 16.1 Å². The summed E-state index contributed by atoms with van der Waals surface area (Å²) in [6, 6.07) is 10.7. The molecule has 1 aromatic carbocycles. The van der Waals surface area contributed by atoms with Gasteiger partial charge in [0.05, 0.1) is 5.69 Å². The second-order valence-corrected chi connectivity index (χ2v) is 7.02. The fourth-order valence-corrected chi connectivity index (χ4v) is 5.19. The van der Waals surface area contributed by atoms with Gasteiger partial charge in [0.2, 0.25) is 0 Å². The molecule has 0 fully saturated rings. The molecule has 0 saturated carbocycles. The van der Waals surface area contributed by atoms with Crippen molar-refractivity contribution in [2.45, 2.75) is 19.0 Å². The molecule has 3 rings (SSSR count). The summed E-state index contributed by atoms with van der Waals surface area (Å²) in [6.07, 6.45) is 3.80. The van der Waals surface area contributed by atoms with Gasteiger partial charge in [0, 0.05) is 17.6 Å². The first-order valence-electron chi connectivity index (χ1n) is 6.15. The molecule has 4 heteroatoms. The topological polar surface area (TPSA) is 51.8 Å². The van der Waals surface area contributed by atoms with Crippen LogP contribution >= 0.6 is 7.92 Å². The molecule has 1 aliphatic heterocycles. The van der Waals surface area contributed by atoms with Crippen molar-refractivity contribution in [2.24, 2.45) is 0 Å². The van der Waals surface area contributed by atoms with Gasteiger partial charge in [0.25, 0.3) is 0 Å². The largest absolute Gasteiger partial charge is 0.383 e. The summed E-state index contributed by atoms with van der Waals surface area (Å²) in [5.41, 5.74) is 8.33. The molecule has 92 valence electrons. The van der Waals surface area contributed by atoms with Gasteiger partial charge in [0.1, 0.15) is 12.1 Å². The summed E-state index contributed by atoms with van der Waals surface area (Å²) in [5.74, 6) is 1.14. The Kier molecular flexibility index (Phi) is 3.00. The van der Waals surface area contributed by atoms with Crippen molar-refractivity contribution in [3.05, 3.63) is 47.9 Å². The maximum absolute atomic E-state index is 6.00. The van der Waals surface area contributed by atoms with Crippen molar-refractivity contribution in [1.29, 1.82) is 0 Å². The minimum absolute atomic E-state index is 0.169. The third-order valence-corrected chi connectivity index (χ3v) is 6.16. The Balaban J connectivity index is 1.99. The first-order valence-corrected chi connectivity index (χ1v) is 7.86. The SMILES string of the molecule is CC1CP(c2ccccc2)Cc2c(N)ncnc21. The number of nitrogens with two attached hydrogens (primary N) is 1. The number of anilines is 1. The molecule has 2 heterocycles. The number of aromatic nitrogens is 2. The third-order valence-electron chi connectivity index (χ3n) is 3.44. The minimum atomic E-state index is -0.169. The Morgan fingerprint density at radius 2 is 2.00 bits per heavy atom. The van der Waals surface area contributed by atoms with E-state index < -0.39 is 0 Å². The number of fused-ring (bicyclic) bond motifs is 1. The molecule has 0 spiro atoms. The van der Waals surface area contributed by atoms with E-state index in [4.69, 9.17) is 5.73 Å². The molecule has 1 aliphatic rings. The Labute approximate surface area is 108 Å². The summed E-state index contributed by atoms with van der Waals surface area (Å²) in [6.45, 7) is 2.24. The normalized spacial score (nSPS) is 22.5. The van der Waals surface area contributed by atoms with E-state index in [1.807, 2.05) is 0 Å². The molecule has 2 aromatic rings. The van der Waals surface area contributed by atoms with Crippen LogP contribution < -0.4 is 11.0 Å². The molecule has 0 aliphatic carbocycles. The predicted octanol–water partition coefficient (Wildman–Crippen LogP) is 2.48. The van der Waals surface area contributed by atoms with Crippen LogP contribution in [-0.2, 0) is 6.16 Å². The first-order chi connectivity index (χ1) is 8.75. The van der Waals surface area contributed by atoms with Crippen LogP contribution in [0.4, 0.5) is 5.82 Å². The number of nitrogens with zero attached hydrogens (tertiary/aromatic N) is 2. The number of hydrogen-bond acceptors (Lipinski definition) is 3. The van der Waals surface area contributed by atoms with E-state index in [1.54, 1.807) is 6.33 Å². The zero-order valence-electron chi connectivity index (χ0n) is 10.4. The van der Waals surface area contributed by atoms with E-state index in [2.05, 4.69) is 47.2 Å². The monoisotopic (exact) mass is 257 g/mol. The molecule has 2 unspecified atom stereocenters. The van der Waals surface area contributed by atoms with Crippen LogP contribution in [0.15, 0.2) is 36.7 Å². The summed E-state index contributed by atoms with van der Waals surface area (Å²) in [7, 11) is -0.169. The van der Waals surface area contributed by atoms with Crippen LogP contribution in [0.3, 0.4) is 0 Å². The van der Waals surface area contributed by atoms with Crippen molar-refractivity contribution in [3.63, 3.8) is 0 Å². The lowest BCUT2D eigenvalue weighted by molar-refractivity contribution is 0.792. The van der Waals surface area contributed by atoms with Gasteiger partial charge >= 0.3 is 0 Å². The van der Waals surface area contributed by atoms with Crippen molar-refractivity contribution < 1.29 is 0 Å². The highest BCUT2D eigenvalue weighted by atomic mass is 31.1. The molecule has 2 N–H and O–H groups in total. The Morgan fingerprint density at radius 1 is 1.22 bits per heavy atom. The summed E-state index contributed by atoms with van der Waals surface area (Å²) < 4.78 is 0. The van der Waals surface area contributed by atoms with Gasteiger partial charge in [-0.3, -0.25) is 0 Å².